The molecule has 0 amide bonds. The maximum Gasteiger partial charge on any atom is 0.333 e. The van der Waals surface area contributed by atoms with E-state index in [-0.39, 0.29) is 108 Å². The summed E-state index contributed by atoms with van der Waals surface area (Å²) in [6.45, 7) is 80.1. The number of esters is 12. The van der Waals surface area contributed by atoms with Gasteiger partial charge in [-0.25, -0.2) is 43.4 Å². The largest absolute Gasteiger partial charge is 0.465 e. The number of rotatable bonds is 52. The topological polar surface area (TPSA) is 455 Å². The number of unbranched alkanes of at least 4 members (excludes halogenated alkanes) is 4. The maximum absolute atomic E-state index is 11.5. The van der Waals surface area contributed by atoms with Crippen molar-refractivity contribution >= 4 is 232 Å². The molecule has 0 aliphatic heterocycles. The lowest BCUT2D eigenvalue weighted by Gasteiger charge is -2.19. The van der Waals surface area contributed by atoms with Crippen LogP contribution in [0.1, 0.15) is 265 Å². The van der Waals surface area contributed by atoms with Crippen LogP contribution in [0.3, 0.4) is 0 Å². The third-order valence-corrected chi connectivity index (χ3v) is 18.6. The molecule has 0 aromatic carbocycles. The summed E-state index contributed by atoms with van der Waals surface area (Å²) < 4.78 is 52.8. The van der Waals surface area contributed by atoms with Crippen LogP contribution >= 0.6 is 143 Å². The number of Topliss-reactive ketones (excluding diaryl/α,β-unsaturated/α-hetero) is 3. The Morgan fingerprint density at radius 2 is 0.507 bits per heavy atom. The summed E-state index contributed by atoms with van der Waals surface area (Å²) in [5.74, 6) is -5.14. The zero-order valence-corrected chi connectivity index (χ0v) is 99.2. The summed E-state index contributed by atoms with van der Waals surface area (Å²) in [5.41, 5.74) is 3.70. The smallest absolute Gasteiger partial charge is 0.333 e. The third-order valence-electron chi connectivity index (χ3n) is 15.3. The number of ether oxygens (including phenoxy) is 12. The lowest BCUT2D eigenvalue weighted by molar-refractivity contribution is -0.269. The Bertz CT molecular complexity index is 3760. The first-order chi connectivity index (χ1) is 61.8. The highest BCUT2D eigenvalue weighted by Gasteiger charge is 2.34. The van der Waals surface area contributed by atoms with Gasteiger partial charge in [-0.05, 0) is 236 Å². The van der Waals surface area contributed by atoms with Gasteiger partial charge < -0.3 is 56.8 Å². The van der Waals surface area contributed by atoms with Crippen LogP contribution in [0.5, 0.6) is 0 Å². The minimum atomic E-state index is -0.736. The van der Waals surface area contributed by atoms with Crippen molar-refractivity contribution in [1.82, 2.24) is 0 Å². The predicted octanol–water partition coefficient (Wildman–Crippen LogP) is 22.3. The van der Waals surface area contributed by atoms with Crippen molar-refractivity contribution in [1.29, 1.82) is 0 Å². The van der Waals surface area contributed by atoms with E-state index < -0.39 is 117 Å². The molecule has 5 unspecified atom stereocenters. The summed E-state index contributed by atoms with van der Waals surface area (Å²) in [4.78, 5) is 180. The average Bonchev–Trinajstić information content (AvgIpc) is 0.909. The number of hydrogen-bond acceptors (Lipinski definition) is 33. The van der Waals surface area contributed by atoms with E-state index in [9.17, 15) is 71.9 Å². The van der Waals surface area contributed by atoms with E-state index in [0.717, 1.165) is 43.8 Å². The maximum atomic E-state index is 11.5. The second-order valence-electron chi connectivity index (χ2n) is 34.8. The molecule has 0 bridgehead atoms. The molecule has 0 radical (unpaired) electrons. The first-order valence-corrected chi connectivity index (χ1v) is 49.6. The predicted molar refractivity (Wildman–Crippen MR) is 567 cm³/mol. The summed E-state index contributed by atoms with van der Waals surface area (Å²) >= 11 is 28.8. The molecule has 0 saturated carbocycles. The lowest BCUT2D eigenvalue weighted by Crippen LogP contribution is -2.32. The van der Waals surface area contributed by atoms with Gasteiger partial charge in [0.05, 0.1) is 46.0 Å². The lowest BCUT2D eigenvalue weighted by atomic mass is 10.00. The van der Waals surface area contributed by atoms with E-state index >= 15 is 0 Å². The second-order valence-corrected chi connectivity index (χ2v) is 52.7. The third kappa shape index (κ3) is 92.8. The molecule has 0 aromatic heterocycles. The van der Waals surface area contributed by atoms with Crippen LogP contribution in [-0.4, -0.2) is 240 Å². The van der Waals surface area contributed by atoms with Crippen LogP contribution in [-0.2, 0) is 143 Å². The van der Waals surface area contributed by atoms with Crippen LogP contribution in [0.15, 0.2) is 110 Å². The normalized spacial score (nSPS) is 12.1. The van der Waals surface area contributed by atoms with E-state index in [0.29, 0.717) is 78.1 Å². The highest BCUT2D eigenvalue weighted by atomic mass is 79.9. The van der Waals surface area contributed by atoms with Crippen molar-refractivity contribution in [2.24, 2.45) is 0 Å². The van der Waals surface area contributed by atoms with E-state index in [1.54, 1.807) is 180 Å². The highest BCUT2D eigenvalue weighted by molar-refractivity contribution is 9.11. The molecule has 0 aliphatic carbocycles. The van der Waals surface area contributed by atoms with E-state index in [2.05, 4.69) is 222 Å². The van der Waals surface area contributed by atoms with Crippen LogP contribution in [0, 0.1) is 0 Å². The number of carbonyl (C=O) groups excluding carboxylic acids is 15. The monoisotopic (exact) mass is 2550 g/mol. The molecule has 42 heteroatoms. The van der Waals surface area contributed by atoms with E-state index in [1.165, 1.54) is 6.92 Å². The van der Waals surface area contributed by atoms with E-state index in [4.69, 9.17) is 67.9 Å². The van der Waals surface area contributed by atoms with Gasteiger partial charge >= 0.3 is 71.6 Å². The zero-order chi connectivity index (χ0) is 110. The Hall–Kier alpha value is -5.61. The summed E-state index contributed by atoms with van der Waals surface area (Å²) in [7, 11) is 0. The standard InChI is InChI=1S/C14H25BrO4.4C11H17BrO4.C10H15BrO4.C9H13BrO3.2C9H15BrO3.CH4/c1-11(2)12(19-17)9-7-5-6-8-10-18-13(16)14(3,4)15;2*1-7(2)9(13)15-6-8(3)16-10(14)11(4,5)12;1-8(2)9(13)15-6-5-7-16-10(14)11(3,4)12;1-4-9(13)15-7-5-6-8-16-10(14)11(2,3)12;1-7(2)8(12)14-5-6-15-9(13)10(3,4)11;1-6(2)8(12)13-5-7(11)9(3,4)10;2*1-6(2)7(13-12)5-8(11)9(3,4)10;/h12,17H,1,5-10H2,2-4H3;2*8H,1,6H2,2-5H3;1,5-7H2,2-4H3;4H,1,5-8H2,2-3H3;1,5-6H2,2-4H3;1,5H2,2-4H3;2*7,12H,1,5H2,2-4H3;1H4. The molecule has 33 nitrogen and oxygen atoms in total. The van der Waals surface area contributed by atoms with Crippen LogP contribution < -0.4 is 0 Å². The first kappa shape index (κ1) is 153. The van der Waals surface area contributed by atoms with Gasteiger partial charge in [0.2, 0.25) is 0 Å². The zero-order valence-electron chi connectivity index (χ0n) is 85.0. The first-order valence-electron chi connectivity index (χ1n) is 42.5. The van der Waals surface area contributed by atoms with Gasteiger partial charge in [-0.3, -0.25) is 58.9 Å². The van der Waals surface area contributed by atoms with Gasteiger partial charge in [0.25, 0.3) is 0 Å². The molecule has 0 spiro atoms. The SMILES string of the molecule is C.C=C(C)C(=O)OCC(=O)C(C)(C)Br.C=C(C)C(=O)OCC(C)OC(=O)C(C)(C)Br.C=C(C)C(=O)OCC(C)OC(=O)C(C)(C)Br.C=C(C)C(=O)OCCCOC(=O)C(C)(C)Br.C=C(C)C(=O)OCCOC(=O)C(C)(C)Br.C=C(C)C(CC(=O)C(C)(C)Br)OO.C=C(C)C(CC(=O)C(C)(C)Br)OO.C=C(C)C(CCCCCCOC(=O)C(C)(C)Br)OO.C=CC(=O)OCCCCOC(=O)C(C)(C)Br. The van der Waals surface area contributed by atoms with Gasteiger partial charge in [0, 0.05) is 53.2 Å². The molecule has 3 N–H and O–H groups in total. The van der Waals surface area contributed by atoms with Crippen molar-refractivity contribution in [2.45, 2.75) is 335 Å². The van der Waals surface area contributed by atoms with Crippen molar-refractivity contribution in [3.63, 3.8) is 0 Å². The van der Waals surface area contributed by atoms with Crippen molar-refractivity contribution < 1.29 is 159 Å². The van der Waals surface area contributed by atoms with Crippen LogP contribution in [0.4, 0.5) is 0 Å². The molecule has 0 heterocycles. The van der Waals surface area contributed by atoms with Crippen molar-refractivity contribution in [2.75, 3.05) is 66.1 Å². The fourth-order valence-corrected chi connectivity index (χ4v) is 7.81. The number of halogens is 9. The van der Waals surface area contributed by atoms with Gasteiger partial charge in [-0.1, -0.05) is 229 Å². The molecule has 138 heavy (non-hydrogen) atoms. The molecule has 0 rings (SSSR count). The molecule has 5 atom stereocenters. The summed E-state index contributed by atoms with van der Waals surface area (Å²) in [6.07, 6.45) is 5.32. The molecule has 0 aromatic rings. The van der Waals surface area contributed by atoms with Gasteiger partial charge in [-0.2, -0.15) is 0 Å². The molecule has 0 aliphatic rings. The Morgan fingerprint density at radius 3 is 0.761 bits per heavy atom. The van der Waals surface area contributed by atoms with Gasteiger partial charge in [0.15, 0.2) is 24.0 Å². The molecule has 800 valence electrons. The second kappa shape index (κ2) is 78.8. The Morgan fingerprint density at radius 1 is 0.283 bits per heavy atom. The average molecular weight is 2560 g/mol. The van der Waals surface area contributed by atoms with E-state index in [1.807, 2.05) is 6.92 Å². The Labute approximate surface area is 894 Å². The molecular formula is C96H155Br9O33. The summed E-state index contributed by atoms with van der Waals surface area (Å²) in [5, 5.41) is 25.6. The quantitative estimate of drug-likeness (QED) is 0.00744. The minimum Gasteiger partial charge on any atom is -0.465 e. The van der Waals surface area contributed by atoms with Crippen molar-refractivity contribution in [3.8, 4) is 0 Å². The Kier molecular flexibility index (Phi) is 87.1. The number of hydrogen-bond donors (Lipinski definition) is 3. The van der Waals surface area contributed by atoms with Crippen molar-refractivity contribution in [3.05, 3.63) is 110 Å². The molecular weight excluding hydrogens is 2400 g/mol. The fourth-order valence-electron chi connectivity index (χ4n) is 6.73. The Balaban J connectivity index is -0.000000167. The van der Waals surface area contributed by atoms with Crippen LogP contribution in [0.2, 0.25) is 0 Å². The number of alkyl halides is 9. The van der Waals surface area contributed by atoms with Crippen LogP contribution in [0.25, 0.3) is 0 Å². The molecule has 0 fully saturated rings. The number of ketones is 3. The van der Waals surface area contributed by atoms with Gasteiger partial charge in [0.1, 0.15) is 82.9 Å². The number of carbonyl (C=O) groups is 15. The fraction of sp³-hybridized carbons (Fsp3) is 0.656. The molecule has 0 saturated heterocycles. The van der Waals surface area contributed by atoms with Gasteiger partial charge in [-0.15, -0.1) is 0 Å². The minimum absolute atomic E-state index is 0. The highest BCUT2D eigenvalue weighted by Crippen LogP contribution is 2.27. The summed E-state index contributed by atoms with van der Waals surface area (Å²) in [6, 6.07) is 0.